The van der Waals surface area contributed by atoms with Gasteiger partial charge in [0.25, 0.3) is 0 Å². The fourth-order valence-corrected chi connectivity index (χ4v) is 1.63. The molecule has 0 aromatic rings. The molecule has 0 atom stereocenters. The molecule has 72 valence electrons. The molecule has 1 saturated carbocycles. The summed E-state index contributed by atoms with van der Waals surface area (Å²) in [4.78, 5) is 33.8. The van der Waals surface area contributed by atoms with Gasteiger partial charge < -0.3 is 0 Å². The fourth-order valence-electron chi connectivity index (χ4n) is 1.63. The molecule has 0 aromatic heterocycles. The van der Waals surface area contributed by atoms with Crippen LogP contribution in [0.5, 0.6) is 0 Å². The van der Waals surface area contributed by atoms with Gasteiger partial charge in [0.05, 0.1) is 5.92 Å². The number of carbonyl (C=O) groups is 3. The summed E-state index contributed by atoms with van der Waals surface area (Å²) in [5.41, 5.74) is 0. The third kappa shape index (κ3) is 2.47. The van der Waals surface area contributed by atoms with Crippen LogP contribution in [-0.2, 0) is 14.4 Å². The van der Waals surface area contributed by atoms with Crippen molar-refractivity contribution in [1.29, 1.82) is 0 Å². The molecular weight excluding hydrogens is 168 g/mol. The molecule has 0 amide bonds. The Balaban J connectivity index is 2.70. The van der Waals surface area contributed by atoms with Crippen LogP contribution in [-0.4, -0.2) is 17.3 Å². The zero-order valence-corrected chi connectivity index (χ0v) is 7.84. The second-order valence-electron chi connectivity index (χ2n) is 3.43. The molecule has 0 saturated heterocycles. The summed E-state index contributed by atoms with van der Waals surface area (Å²) in [6.45, 7) is 1.84. The minimum Gasteiger partial charge on any atom is -0.300 e. The van der Waals surface area contributed by atoms with Crippen molar-refractivity contribution in [3.8, 4) is 0 Å². The molecule has 0 unspecified atom stereocenters. The van der Waals surface area contributed by atoms with E-state index in [1.807, 2.05) is 6.92 Å². The zero-order valence-electron chi connectivity index (χ0n) is 7.84. The van der Waals surface area contributed by atoms with Crippen LogP contribution < -0.4 is 0 Å². The zero-order chi connectivity index (χ0) is 9.84. The lowest BCUT2D eigenvalue weighted by atomic mass is 9.87. The molecule has 0 aromatic carbocycles. The Hall–Kier alpha value is -0.990. The van der Waals surface area contributed by atoms with Crippen molar-refractivity contribution in [1.82, 2.24) is 0 Å². The third-order valence-corrected chi connectivity index (χ3v) is 2.49. The number of Topliss-reactive ketones (excluding diaryl/α,β-unsaturated/α-hetero) is 3. The number of ketones is 3. The van der Waals surface area contributed by atoms with Crippen molar-refractivity contribution in [2.75, 3.05) is 0 Å². The SMILES string of the molecule is CCC1C(=O)CCC(=O)CCC1=O. The molecule has 0 spiro atoms. The van der Waals surface area contributed by atoms with E-state index in [1.165, 1.54) is 0 Å². The lowest BCUT2D eigenvalue weighted by Gasteiger charge is -2.14. The van der Waals surface area contributed by atoms with Crippen molar-refractivity contribution in [3.05, 3.63) is 0 Å². The van der Waals surface area contributed by atoms with E-state index >= 15 is 0 Å². The van der Waals surface area contributed by atoms with E-state index in [0.29, 0.717) is 19.3 Å². The predicted octanol–water partition coefficient (Wildman–Crippen LogP) is 1.29. The van der Waals surface area contributed by atoms with Gasteiger partial charge in [0.1, 0.15) is 17.3 Å². The standard InChI is InChI=1S/C10H14O3/c1-2-8-9(12)5-3-7(11)4-6-10(8)13/h8H,2-6H2,1H3. The van der Waals surface area contributed by atoms with E-state index in [9.17, 15) is 14.4 Å². The minimum absolute atomic E-state index is 0.0382. The largest absolute Gasteiger partial charge is 0.300 e. The van der Waals surface area contributed by atoms with Crippen LogP contribution in [0.1, 0.15) is 39.0 Å². The van der Waals surface area contributed by atoms with E-state index in [0.717, 1.165) is 0 Å². The normalized spacial score (nSPS) is 21.5. The molecule has 0 heterocycles. The molecule has 3 nitrogen and oxygen atoms in total. The van der Waals surface area contributed by atoms with Crippen LogP contribution in [0.2, 0.25) is 0 Å². The number of hydrogen-bond acceptors (Lipinski definition) is 3. The maximum atomic E-state index is 11.4. The van der Waals surface area contributed by atoms with Crippen molar-refractivity contribution in [2.24, 2.45) is 5.92 Å². The fraction of sp³-hybridized carbons (Fsp3) is 0.700. The molecule has 1 rings (SSSR count). The first-order valence-corrected chi connectivity index (χ1v) is 4.72. The average Bonchev–Trinajstić information content (AvgIpc) is 2.11. The highest BCUT2D eigenvalue weighted by Gasteiger charge is 2.27. The molecule has 0 bridgehead atoms. The first-order valence-electron chi connectivity index (χ1n) is 4.72. The van der Waals surface area contributed by atoms with Crippen LogP contribution in [0.15, 0.2) is 0 Å². The van der Waals surface area contributed by atoms with E-state index in [2.05, 4.69) is 0 Å². The Morgan fingerprint density at radius 1 is 1.00 bits per heavy atom. The molecular formula is C10H14O3. The van der Waals surface area contributed by atoms with Crippen LogP contribution in [0, 0.1) is 5.92 Å². The van der Waals surface area contributed by atoms with E-state index in [-0.39, 0.29) is 30.2 Å². The number of carbonyl (C=O) groups excluding carboxylic acids is 3. The van der Waals surface area contributed by atoms with Crippen molar-refractivity contribution in [2.45, 2.75) is 39.0 Å². The Kier molecular flexibility index (Phi) is 3.34. The Bertz CT molecular complexity index is 221. The quantitative estimate of drug-likeness (QED) is 0.574. The Morgan fingerprint density at radius 3 is 1.85 bits per heavy atom. The molecule has 0 radical (unpaired) electrons. The first-order chi connectivity index (χ1) is 6.15. The molecule has 13 heavy (non-hydrogen) atoms. The predicted molar refractivity (Wildman–Crippen MR) is 47.3 cm³/mol. The highest BCUT2D eigenvalue weighted by Crippen LogP contribution is 2.17. The monoisotopic (exact) mass is 182 g/mol. The smallest absolute Gasteiger partial charge is 0.143 e. The molecule has 0 aliphatic heterocycles. The number of rotatable bonds is 1. The van der Waals surface area contributed by atoms with Gasteiger partial charge in [0, 0.05) is 25.7 Å². The second-order valence-corrected chi connectivity index (χ2v) is 3.43. The summed E-state index contributed by atoms with van der Waals surface area (Å²) >= 11 is 0. The highest BCUT2D eigenvalue weighted by molar-refractivity contribution is 6.05. The topological polar surface area (TPSA) is 51.2 Å². The third-order valence-electron chi connectivity index (χ3n) is 2.49. The van der Waals surface area contributed by atoms with Gasteiger partial charge in [-0.1, -0.05) is 6.92 Å². The van der Waals surface area contributed by atoms with Crippen LogP contribution in [0.4, 0.5) is 0 Å². The van der Waals surface area contributed by atoms with Gasteiger partial charge in [-0.15, -0.1) is 0 Å². The van der Waals surface area contributed by atoms with Crippen molar-refractivity contribution in [3.63, 3.8) is 0 Å². The molecule has 0 N–H and O–H groups in total. The van der Waals surface area contributed by atoms with Crippen molar-refractivity contribution >= 4 is 17.3 Å². The van der Waals surface area contributed by atoms with E-state index < -0.39 is 5.92 Å². The molecule has 1 aliphatic rings. The molecule has 1 fully saturated rings. The van der Waals surface area contributed by atoms with Gasteiger partial charge in [-0.2, -0.15) is 0 Å². The van der Waals surface area contributed by atoms with Crippen LogP contribution >= 0.6 is 0 Å². The first kappa shape index (κ1) is 10.1. The maximum absolute atomic E-state index is 11.4. The van der Waals surface area contributed by atoms with Gasteiger partial charge in [-0.3, -0.25) is 14.4 Å². The number of hydrogen-bond donors (Lipinski definition) is 0. The second kappa shape index (κ2) is 4.30. The Morgan fingerprint density at radius 2 is 1.46 bits per heavy atom. The lowest BCUT2D eigenvalue weighted by molar-refractivity contribution is -0.136. The van der Waals surface area contributed by atoms with Gasteiger partial charge in [-0.05, 0) is 6.42 Å². The van der Waals surface area contributed by atoms with Crippen LogP contribution in [0.25, 0.3) is 0 Å². The van der Waals surface area contributed by atoms with Gasteiger partial charge in [-0.25, -0.2) is 0 Å². The van der Waals surface area contributed by atoms with Gasteiger partial charge in [0.15, 0.2) is 0 Å². The summed E-state index contributed by atoms with van der Waals surface area (Å²) in [6, 6.07) is 0. The molecule has 1 aliphatic carbocycles. The van der Waals surface area contributed by atoms with Gasteiger partial charge in [0.2, 0.25) is 0 Å². The van der Waals surface area contributed by atoms with Crippen LogP contribution in [0.3, 0.4) is 0 Å². The van der Waals surface area contributed by atoms with Crippen molar-refractivity contribution < 1.29 is 14.4 Å². The minimum atomic E-state index is -0.437. The summed E-state index contributed by atoms with van der Waals surface area (Å²) in [6.07, 6.45) is 1.73. The van der Waals surface area contributed by atoms with E-state index in [1.54, 1.807) is 0 Å². The molecule has 3 heteroatoms. The highest BCUT2D eigenvalue weighted by atomic mass is 16.2. The summed E-state index contributed by atoms with van der Waals surface area (Å²) < 4.78 is 0. The maximum Gasteiger partial charge on any atom is 0.143 e. The summed E-state index contributed by atoms with van der Waals surface area (Å²) in [5, 5.41) is 0. The van der Waals surface area contributed by atoms with E-state index in [4.69, 9.17) is 0 Å². The Labute approximate surface area is 77.5 Å². The summed E-state index contributed by atoms with van der Waals surface area (Å²) in [7, 11) is 0. The summed E-state index contributed by atoms with van der Waals surface area (Å²) in [5.74, 6) is -0.509. The van der Waals surface area contributed by atoms with Gasteiger partial charge >= 0.3 is 0 Å². The lowest BCUT2D eigenvalue weighted by Crippen LogP contribution is -2.26. The average molecular weight is 182 g/mol.